The Balaban J connectivity index is 1.57. The van der Waals surface area contributed by atoms with Crippen molar-refractivity contribution in [3.8, 4) is 10.6 Å². The molecule has 1 saturated carbocycles. The molecule has 1 aromatic carbocycles. The summed E-state index contributed by atoms with van der Waals surface area (Å²) >= 11 is 1.19. The first-order chi connectivity index (χ1) is 12.4. The van der Waals surface area contributed by atoms with Crippen molar-refractivity contribution < 1.29 is 12.8 Å². The minimum Gasteiger partial charge on any atom is -0.440 e. The summed E-state index contributed by atoms with van der Waals surface area (Å²) in [5.41, 5.74) is 2.60. The number of rotatable bonds is 5. The molecule has 1 aliphatic rings. The molecule has 0 radical (unpaired) electrons. The number of hydrogen-bond acceptors (Lipinski definition) is 5. The van der Waals surface area contributed by atoms with Gasteiger partial charge in [0.05, 0.1) is 11.1 Å². The van der Waals surface area contributed by atoms with E-state index in [0.717, 1.165) is 34.7 Å². The number of hydrogen-bond donors (Lipinski definition) is 1. The smallest absolute Gasteiger partial charge is 0.271 e. The van der Waals surface area contributed by atoms with Gasteiger partial charge in [0.15, 0.2) is 11.7 Å². The standard InChI is InChI=1S/C19H20N2O3S2/c1-12-8-13(2)10-15(9-12)21-26(22,23)18-7-6-17(25-18)16-11-20-19(24-16)14-4-3-5-14/h6-11,14,21H,3-5H2,1-2H3. The molecule has 4 rings (SSSR count). The van der Waals surface area contributed by atoms with E-state index in [2.05, 4.69) is 9.71 Å². The van der Waals surface area contributed by atoms with Gasteiger partial charge in [0.25, 0.3) is 10.0 Å². The highest BCUT2D eigenvalue weighted by Gasteiger charge is 2.25. The van der Waals surface area contributed by atoms with E-state index >= 15 is 0 Å². The van der Waals surface area contributed by atoms with Crippen molar-refractivity contribution in [2.45, 2.75) is 43.2 Å². The molecule has 5 nitrogen and oxygen atoms in total. The fourth-order valence-corrected chi connectivity index (χ4v) is 5.37. The highest BCUT2D eigenvalue weighted by atomic mass is 32.2. The van der Waals surface area contributed by atoms with Crippen molar-refractivity contribution in [3.05, 3.63) is 53.5 Å². The van der Waals surface area contributed by atoms with Gasteiger partial charge in [-0.3, -0.25) is 4.72 Å². The highest BCUT2D eigenvalue weighted by molar-refractivity contribution is 7.94. The average Bonchev–Trinajstić information content (AvgIpc) is 3.12. The van der Waals surface area contributed by atoms with Crippen molar-refractivity contribution in [1.29, 1.82) is 0 Å². The molecule has 0 unspecified atom stereocenters. The lowest BCUT2D eigenvalue weighted by Crippen LogP contribution is -2.11. The van der Waals surface area contributed by atoms with Crippen LogP contribution in [0, 0.1) is 13.8 Å². The highest BCUT2D eigenvalue weighted by Crippen LogP contribution is 2.38. The van der Waals surface area contributed by atoms with Crippen molar-refractivity contribution in [2.24, 2.45) is 0 Å². The number of sulfonamides is 1. The zero-order chi connectivity index (χ0) is 18.3. The van der Waals surface area contributed by atoms with Crippen LogP contribution < -0.4 is 4.72 Å². The molecule has 1 N–H and O–H groups in total. The number of benzene rings is 1. The lowest BCUT2D eigenvalue weighted by atomic mass is 9.85. The maximum Gasteiger partial charge on any atom is 0.271 e. The second kappa shape index (κ2) is 6.55. The Morgan fingerprint density at radius 3 is 2.54 bits per heavy atom. The third kappa shape index (κ3) is 3.41. The number of nitrogens with zero attached hydrogens (tertiary/aromatic N) is 1. The molecule has 0 bridgehead atoms. The van der Waals surface area contributed by atoms with Gasteiger partial charge in [-0.1, -0.05) is 12.5 Å². The Labute approximate surface area is 157 Å². The summed E-state index contributed by atoms with van der Waals surface area (Å²) in [5.74, 6) is 1.81. The first-order valence-electron chi connectivity index (χ1n) is 8.58. The third-order valence-electron chi connectivity index (χ3n) is 4.54. The van der Waals surface area contributed by atoms with Crippen LogP contribution in [0.3, 0.4) is 0 Å². The summed E-state index contributed by atoms with van der Waals surface area (Å²) in [6.45, 7) is 3.88. The quantitative estimate of drug-likeness (QED) is 0.661. The molecule has 0 saturated heterocycles. The van der Waals surface area contributed by atoms with Crippen LogP contribution in [0.5, 0.6) is 0 Å². The molecular formula is C19H20N2O3S2. The van der Waals surface area contributed by atoms with E-state index in [9.17, 15) is 8.42 Å². The van der Waals surface area contributed by atoms with Gasteiger partial charge in [-0.25, -0.2) is 13.4 Å². The van der Waals surface area contributed by atoms with Gasteiger partial charge in [0.1, 0.15) is 4.21 Å². The molecule has 2 aromatic heterocycles. The molecule has 1 fully saturated rings. The van der Waals surface area contributed by atoms with Crippen LogP contribution in [0.25, 0.3) is 10.6 Å². The maximum atomic E-state index is 12.7. The SMILES string of the molecule is Cc1cc(C)cc(NS(=O)(=O)c2ccc(-c3cnc(C4CCC4)o3)s2)c1. The Hall–Kier alpha value is -2.12. The van der Waals surface area contributed by atoms with Crippen LogP contribution >= 0.6 is 11.3 Å². The van der Waals surface area contributed by atoms with Crippen molar-refractivity contribution in [3.63, 3.8) is 0 Å². The lowest BCUT2D eigenvalue weighted by molar-refractivity contribution is 0.338. The van der Waals surface area contributed by atoms with E-state index in [1.165, 1.54) is 17.8 Å². The van der Waals surface area contributed by atoms with E-state index in [1.54, 1.807) is 18.3 Å². The van der Waals surface area contributed by atoms with Crippen LogP contribution in [0.15, 0.2) is 45.2 Å². The van der Waals surface area contributed by atoms with Gasteiger partial charge >= 0.3 is 0 Å². The molecule has 0 amide bonds. The summed E-state index contributed by atoms with van der Waals surface area (Å²) < 4.78 is 34.1. The number of thiophene rings is 1. The number of aromatic nitrogens is 1. The fourth-order valence-electron chi connectivity index (χ4n) is 3.08. The summed E-state index contributed by atoms with van der Waals surface area (Å²) in [6, 6.07) is 9.02. The van der Waals surface area contributed by atoms with Crippen LogP contribution in [0.2, 0.25) is 0 Å². The van der Waals surface area contributed by atoms with E-state index in [0.29, 0.717) is 17.4 Å². The molecule has 0 spiro atoms. The lowest BCUT2D eigenvalue weighted by Gasteiger charge is -2.21. The molecule has 0 atom stereocenters. The predicted octanol–water partition coefficient (Wildman–Crippen LogP) is 5.09. The van der Waals surface area contributed by atoms with Gasteiger partial charge in [-0.2, -0.15) is 0 Å². The predicted molar refractivity (Wildman–Crippen MR) is 103 cm³/mol. The zero-order valence-corrected chi connectivity index (χ0v) is 16.3. The molecule has 7 heteroatoms. The topological polar surface area (TPSA) is 72.2 Å². The van der Waals surface area contributed by atoms with Gasteiger partial charge < -0.3 is 4.42 Å². The molecule has 3 aromatic rings. The minimum atomic E-state index is -3.63. The molecular weight excluding hydrogens is 368 g/mol. The number of nitrogens with one attached hydrogen (secondary N) is 1. The zero-order valence-electron chi connectivity index (χ0n) is 14.7. The van der Waals surface area contributed by atoms with Gasteiger partial charge in [0, 0.05) is 11.6 Å². The van der Waals surface area contributed by atoms with E-state index in [4.69, 9.17) is 4.42 Å². The Morgan fingerprint density at radius 1 is 1.15 bits per heavy atom. The molecule has 1 aliphatic carbocycles. The van der Waals surface area contributed by atoms with E-state index in [1.807, 2.05) is 32.0 Å². The molecule has 136 valence electrons. The fraction of sp³-hybridized carbons (Fsp3) is 0.316. The molecule has 2 heterocycles. The molecule has 26 heavy (non-hydrogen) atoms. The maximum absolute atomic E-state index is 12.7. The first-order valence-corrected chi connectivity index (χ1v) is 10.9. The monoisotopic (exact) mass is 388 g/mol. The van der Waals surface area contributed by atoms with Gasteiger partial charge in [-0.15, -0.1) is 11.3 Å². The van der Waals surface area contributed by atoms with Crippen LogP contribution in [0.1, 0.15) is 42.2 Å². The van der Waals surface area contributed by atoms with E-state index in [-0.39, 0.29) is 4.21 Å². The third-order valence-corrected chi connectivity index (χ3v) is 7.51. The Morgan fingerprint density at radius 2 is 1.88 bits per heavy atom. The Bertz CT molecular complexity index is 1030. The van der Waals surface area contributed by atoms with Crippen LogP contribution in [0.4, 0.5) is 5.69 Å². The second-order valence-corrected chi connectivity index (χ2v) is 9.78. The normalized spacial score (nSPS) is 15.0. The average molecular weight is 389 g/mol. The number of oxazole rings is 1. The Kier molecular flexibility index (Phi) is 4.36. The summed E-state index contributed by atoms with van der Waals surface area (Å²) in [6.07, 6.45) is 5.13. The van der Waals surface area contributed by atoms with Crippen LogP contribution in [-0.4, -0.2) is 13.4 Å². The van der Waals surface area contributed by atoms with Crippen LogP contribution in [-0.2, 0) is 10.0 Å². The number of anilines is 1. The molecule has 0 aliphatic heterocycles. The number of aryl methyl sites for hydroxylation is 2. The first kappa shape index (κ1) is 17.3. The van der Waals surface area contributed by atoms with Gasteiger partial charge in [0.2, 0.25) is 0 Å². The summed E-state index contributed by atoms with van der Waals surface area (Å²) in [7, 11) is -3.63. The summed E-state index contributed by atoms with van der Waals surface area (Å²) in [4.78, 5) is 5.12. The van der Waals surface area contributed by atoms with Crippen molar-refractivity contribution >= 4 is 27.0 Å². The minimum absolute atomic E-state index is 0.258. The van der Waals surface area contributed by atoms with Crippen molar-refractivity contribution in [1.82, 2.24) is 4.98 Å². The largest absolute Gasteiger partial charge is 0.440 e. The summed E-state index contributed by atoms with van der Waals surface area (Å²) in [5, 5.41) is 0. The second-order valence-electron chi connectivity index (χ2n) is 6.79. The van der Waals surface area contributed by atoms with E-state index < -0.39 is 10.0 Å². The van der Waals surface area contributed by atoms with Gasteiger partial charge in [-0.05, 0) is 62.1 Å². The van der Waals surface area contributed by atoms with Crippen molar-refractivity contribution in [2.75, 3.05) is 4.72 Å².